The van der Waals surface area contributed by atoms with Crippen LogP contribution in [-0.4, -0.2) is 198 Å². The number of anilines is 7. The lowest BCUT2D eigenvalue weighted by atomic mass is 9.86. The average molecular weight is 1940 g/mol. The van der Waals surface area contributed by atoms with E-state index in [1.807, 2.05) is 146 Å². The number of phenolic OH excluding ortho intramolecular Hbond substituents is 1. The van der Waals surface area contributed by atoms with Crippen LogP contribution >= 0.6 is 0 Å². The average Bonchev–Trinajstić information content (AvgIpc) is 1.66. The van der Waals surface area contributed by atoms with Crippen LogP contribution in [0.15, 0.2) is 212 Å². The van der Waals surface area contributed by atoms with Crippen molar-refractivity contribution in [2.45, 2.75) is 110 Å². The summed E-state index contributed by atoms with van der Waals surface area (Å²) >= 11 is 0. The summed E-state index contributed by atoms with van der Waals surface area (Å²) in [7, 11) is 1.63. The number of hydrogen-bond donors (Lipinski definition) is 14. The Morgan fingerprint density at radius 3 is 1.11 bits per heavy atom. The number of aromatic hydroxyl groups is 1. The number of Topliss-reactive ketones (excluding diaryl/α,β-unsaturated/α-hetero) is 5. The van der Waals surface area contributed by atoms with Gasteiger partial charge >= 0.3 is 0 Å². The Morgan fingerprint density at radius 1 is 0.345 bits per heavy atom. The number of amides is 5. The van der Waals surface area contributed by atoms with Crippen LogP contribution in [0.3, 0.4) is 0 Å². The third-order valence-corrected chi connectivity index (χ3v) is 21.5. The second-order valence-corrected chi connectivity index (χ2v) is 38.5. The summed E-state index contributed by atoms with van der Waals surface area (Å²) in [5.74, 6) is 1.79. The Bertz CT molecular complexity index is 6810. The van der Waals surface area contributed by atoms with Gasteiger partial charge in [-0.3, -0.25) is 58.6 Å². The number of hydrogen-bond acceptors (Lipinski definition) is 24. The molecule has 16 N–H and O–H groups in total. The van der Waals surface area contributed by atoms with E-state index in [9.17, 15) is 53.1 Å². The van der Waals surface area contributed by atoms with Crippen LogP contribution in [0.5, 0.6) is 11.5 Å². The first-order chi connectivity index (χ1) is 67.3. The lowest BCUT2D eigenvalue weighted by Gasteiger charge is -2.16. The molecule has 0 saturated carbocycles. The summed E-state index contributed by atoms with van der Waals surface area (Å²) in [5, 5.41) is 42.3. The molecule has 0 fully saturated rings. The summed E-state index contributed by atoms with van der Waals surface area (Å²) in [6.45, 7) is 33.2. The summed E-state index contributed by atoms with van der Waals surface area (Å²) in [4.78, 5) is 148. The number of nitrogens with one attached hydrogen (secondary N) is 10. The molecule has 0 saturated heterocycles. The highest BCUT2D eigenvalue weighted by Crippen LogP contribution is 2.33. The first-order valence-electron chi connectivity index (χ1n) is 46.0. The molecule has 15 aromatic rings. The molecule has 6 aromatic heterocycles. The normalized spacial score (nSPS) is 11.6. The van der Waals surface area contributed by atoms with E-state index in [-0.39, 0.29) is 83.1 Å². The standard InChI is InChI=1S/C25H35N5O6.C23H27N3O5.C20H21N3O2.C20H20N2O3.C19H20N4O2/c1-25(2,3)23(31)18-5-6-20-19(15-18)16-22(26-20)27-24(32)21-17-30(29-28-21)7-8-34-11-12-36-14-13-35-10-9-33-4;1-23(2,3)20(28)16-6-9-18-19(14-16)25-22(24-18)26-21(29)15-4-7-17(8-5-15)31-13-12-30-11-10-27;1-20(2,3)18(24)13-6-9-16-14(10-13)11-17(22-16)23-19(25)12-4-7-15(21)8-5-12;1-20(2,3)18(24)13-6-9-16-14(10-13)11-17(21-16)22-19(25)12-4-7-15(23)8-5-12;1-19(2,3)16(24)11-7-8-14-15(10-11)22-18(21-14)23-17(25)12-5-4-6-13(20)9-12/h5-6,15-17,26H,7-14H2,1-4H3,(H,27,32);4-9,14,27H,10-13H2,1-3H3,(H2,24,25,26,29);4-11,22H,21H2,1-3H3,(H,23,25);4-11,21,23H,1-3H3,(H,22,25);4-10H,20H2,1-3H3,(H2,21,22,23,25). The minimum absolute atomic E-state index is 0.0226. The molecule has 6 heterocycles. The molecule has 35 nitrogen and oxygen atoms in total. The quantitative estimate of drug-likeness (QED) is 0.0103. The van der Waals surface area contributed by atoms with Crippen LogP contribution in [0.1, 0.15) is 208 Å². The number of rotatable bonds is 33. The molecule has 0 atom stereocenters. The van der Waals surface area contributed by atoms with E-state index in [2.05, 4.69) is 71.8 Å². The molecule has 0 bridgehead atoms. The highest BCUT2D eigenvalue weighted by molar-refractivity contribution is 6.11. The number of carbonyl (C=O) groups is 10. The van der Waals surface area contributed by atoms with Gasteiger partial charge in [-0.05, 0) is 200 Å². The maximum atomic E-state index is 12.6. The maximum absolute atomic E-state index is 12.6. The van der Waals surface area contributed by atoms with Crippen molar-refractivity contribution in [1.29, 1.82) is 0 Å². The lowest BCUT2D eigenvalue weighted by molar-refractivity contribution is 0.00244. The number of aromatic amines is 5. The number of methoxy groups -OCH3 is 1. The van der Waals surface area contributed by atoms with Crippen molar-refractivity contribution >= 4 is 154 Å². The van der Waals surface area contributed by atoms with Crippen molar-refractivity contribution in [3.8, 4) is 11.5 Å². The first-order valence-corrected chi connectivity index (χ1v) is 46.0. The molecular weight excluding hydrogens is 1810 g/mol. The van der Waals surface area contributed by atoms with Crippen molar-refractivity contribution in [3.05, 3.63) is 268 Å². The molecule has 0 spiro atoms. The minimum Gasteiger partial charge on any atom is -0.508 e. The number of H-pyrrole nitrogens is 5. The number of nitrogen functional groups attached to an aromatic ring is 2. The van der Waals surface area contributed by atoms with Gasteiger partial charge in [0.2, 0.25) is 11.9 Å². The number of nitrogens with two attached hydrogens (primary N) is 2. The lowest BCUT2D eigenvalue weighted by Crippen LogP contribution is -2.20. The number of imidazole rings is 2. The van der Waals surface area contributed by atoms with E-state index in [4.69, 9.17) is 45.0 Å². The number of phenols is 1. The van der Waals surface area contributed by atoms with Gasteiger partial charge in [0, 0.05) is 128 Å². The second-order valence-electron chi connectivity index (χ2n) is 38.5. The Balaban J connectivity index is 0.000000171. The number of aliphatic hydroxyl groups excluding tert-OH is 1. The molecule has 15 rings (SSSR count). The number of ether oxygens (including phenoxy) is 6. The zero-order valence-electron chi connectivity index (χ0n) is 82.5. The van der Waals surface area contributed by atoms with Crippen LogP contribution in [0.4, 0.5) is 40.7 Å². The van der Waals surface area contributed by atoms with Gasteiger partial charge in [0.15, 0.2) is 34.6 Å². The molecule has 0 radical (unpaired) electrons. The fourth-order valence-electron chi connectivity index (χ4n) is 13.9. The summed E-state index contributed by atoms with van der Waals surface area (Å²) in [5.41, 5.74) is 20.6. The molecule has 0 aliphatic rings. The molecule has 142 heavy (non-hydrogen) atoms. The maximum Gasteiger partial charge on any atom is 0.278 e. The van der Waals surface area contributed by atoms with Crippen LogP contribution in [0.25, 0.3) is 54.8 Å². The first kappa shape index (κ1) is 107. The third-order valence-electron chi connectivity index (χ3n) is 21.5. The van der Waals surface area contributed by atoms with Crippen molar-refractivity contribution in [1.82, 2.24) is 49.9 Å². The van der Waals surface area contributed by atoms with Crippen LogP contribution in [0.2, 0.25) is 0 Å². The summed E-state index contributed by atoms with van der Waals surface area (Å²) in [6.07, 6.45) is 1.56. The zero-order chi connectivity index (χ0) is 103. The van der Waals surface area contributed by atoms with Gasteiger partial charge in [-0.1, -0.05) is 115 Å². The summed E-state index contributed by atoms with van der Waals surface area (Å²) < 4.78 is 33.3. The Labute approximate surface area is 821 Å². The van der Waals surface area contributed by atoms with Gasteiger partial charge in [0.25, 0.3) is 29.5 Å². The van der Waals surface area contributed by atoms with Crippen LogP contribution < -0.4 is 42.8 Å². The number of benzene rings is 9. The molecule has 0 aliphatic carbocycles. The van der Waals surface area contributed by atoms with E-state index < -0.39 is 27.1 Å². The zero-order valence-corrected chi connectivity index (χ0v) is 82.5. The molecule has 9 aromatic carbocycles. The van der Waals surface area contributed by atoms with Crippen LogP contribution in [-0.2, 0) is 30.2 Å². The molecule has 35 heteroatoms. The molecule has 5 amide bonds. The molecular formula is C107H123N17O18. The fourth-order valence-corrected chi connectivity index (χ4v) is 13.9. The van der Waals surface area contributed by atoms with E-state index in [1.165, 1.54) is 12.1 Å². The van der Waals surface area contributed by atoms with Gasteiger partial charge in [-0.25, -0.2) is 14.6 Å². The highest BCUT2D eigenvalue weighted by Gasteiger charge is 2.29. The number of nitrogens with zero attached hydrogens (tertiary/aromatic N) is 5. The van der Waals surface area contributed by atoms with E-state index in [1.54, 1.807) is 170 Å². The number of carbonyl (C=O) groups excluding carboxylic acids is 10. The predicted molar refractivity (Wildman–Crippen MR) is 550 cm³/mol. The van der Waals surface area contributed by atoms with Gasteiger partial charge in [-0.2, -0.15) is 0 Å². The smallest absolute Gasteiger partial charge is 0.278 e. The number of aromatic nitrogens is 10. The van der Waals surface area contributed by atoms with Crippen molar-refractivity contribution in [2.75, 3.05) is 118 Å². The Morgan fingerprint density at radius 2 is 0.697 bits per heavy atom. The van der Waals surface area contributed by atoms with Crippen molar-refractivity contribution in [3.63, 3.8) is 0 Å². The van der Waals surface area contributed by atoms with Gasteiger partial charge in [0.1, 0.15) is 35.6 Å². The van der Waals surface area contributed by atoms with Crippen molar-refractivity contribution in [2.24, 2.45) is 27.1 Å². The topological polar surface area (TPSA) is 514 Å². The predicted octanol–water partition coefficient (Wildman–Crippen LogP) is 18.6. The van der Waals surface area contributed by atoms with Gasteiger partial charge in [0.05, 0.1) is 101 Å². The van der Waals surface area contributed by atoms with Gasteiger partial charge < -0.3 is 91.0 Å². The number of ketones is 5. The second kappa shape index (κ2) is 47.8. The van der Waals surface area contributed by atoms with E-state index in [0.29, 0.717) is 185 Å². The Kier molecular flexibility index (Phi) is 35.9. The van der Waals surface area contributed by atoms with E-state index >= 15 is 0 Å². The number of fused-ring (bicyclic) bond motifs is 5. The summed E-state index contributed by atoms with van der Waals surface area (Å²) in [6, 6.07) is 58.5. The minimum atomic E-state index is -0.479. The SMILES string of the molecule is CC(C)(C)C(=O)c1ccc2[nH]c(NC(=O)c3ccc(N)cc3)cc2c1.CC(C)(C)C(=O)c1ccc2[nH]c(NC(=O)c3ccc(O)cc3)cc2c1.CC(C)(C)C(=O)c1ccc2nc(NC(=O)c3ccc(OCCOCCO)cc3)[nH]c2c1.CC(C)(C)C(=O)c1ccc2nc(NC(=O)c3cccc(N)c3)[nH]c2c1.COCCOCCOCCOCCn1cc(C(=O)Nc2cc3cc(C(=O)C(C)(C)C)ccc3[nH]2)nn1. The molecule has 0 unspecified atom stereocenters. The Hall–Kier alpha value is -15.7. The monoisotopic (exact) mass is 1930 g/mol. The van der Waals surface area contributed by atoms with Gasteiger partial charge in [-0.15, -0.1) is 5.10 Å². The van der Waals surface area contributed by atoms with Crippen LogP contribution in [0, 0.1) is 27.1 Å². The third kappa shape index (κ3) is 30.7. The molecule has 744 valence electrons. The van der Waals surface area contributed by atoms with Crippen molar-refractivity contribution < 1.29 is 86.6 Å². The molecule has 0 aliphatic heterocycles. The largest absolute Gasteiger partial charge is 0.508 e. The fraction of sp³-hybridized carbons (Fsp3) is 0.308. The highest BCUT2D eigenvalue weighted by atomic mass is 16.6. The number of aliphatic hydroxyl groups is 1. The van der Waals surface area contributed by atoms with E-state index in [0.717, 1.165) is 32.7 Å².